The topological polar surface area (TPSA) is 101 Å². The van der Waals surface area contributed by atoms with Crippen molar-refractivity contribution in [3.63, 3.8) is 0 Å². The predicted octanol–water partition coefficient (Wildman–Crippen LogP) is 6.45. The highest BCUT2D eigenvalue weighted by Crippen LogP contribution is 2.27. The fourth-order valence-electron chi connectivity index (χ4n) is 5.21. The normalized spacial score (nSPS) is 14.5. The van der Waals surface area contributed by atoms with Gasteiger partial charge >= 0.3 is 5.97 Å². The molecule has 7 nitrogen and oxygen atoms in total. The summed E-state index contributed by atoms with van der Waals surface area (Å²) in [4.78, 5) is 38.5. The van der Waals surface area contributed by atoms with Crippen LogP contribution in [-0.2, 0) is 20.7 Å². The Morgan fingerprint density at radius 2 is 1.59 bits per heavy atom. The summed E-state index contributed by atoms with van der Waals surface area (Å²) < 4.78 is 70.4. The number of aryl methyl sites for hydroxylation is 1. The second-order valence-electron chi connectivity index (χ2n) is 12.0. The van der Waals surface area contributed by atoms with Crippen molar-refractivity contribution in [2.45, 2.75) is 77.4 Å². The quantitative estimate of drug-likeness (QED) is 0.151. The summed E-state index contributed by atoms with van der Waals surface area (Å²) in [6.45, 7) is 5.79. The van der Waals surface area contributed by atoms with Crippen molar-refractivity contribution in [2.75, 3.05) is 12.3 Å². The highest BCUT2D eigenvalue weighted by molar-refractivity contribution is 6.11. The Hall–Kier alpha value is -3.99. The fourth-order valence-corrected chi connectivity index (χ4v) is 5.21. The van der Waals surface area contributed by atoms with Gasteiger partial charge in [-0.15, -0.1) is 0 Å². The maximum atomic E-state index is 15.4. The molecule has 0 unspecified atom stereocenters. The lowest BCUT2D eigenvalue weighted by molar-refractivity contribution is -0.158. The third kappa shape index (κ3) is 7.93. The third-order valence-corrected chi connectivity index (χ3v) is 7.50. The average molecular weight is 617 g/mol. The molecule has 44 heavy (non-hydrogen) atoms. The molecule has 1 aliphatic carbocycles. The molecule has 0 saturated heterocycles. The lowest BCUT2D eigenvalue weighted by Gasteiger charge is -2.24. The lowest BCUT2D eigenvalue weighted by atomic mass is 9.99. The fraction of sp³-hybridized carbons (Fsp3) is 0.424. The molecule has 0 aliphatic heterocycles. The minimum Gasteiger partial charge on any atom is -0.462 e. The van der Waals surface area contributed by atoms with E-state index in [9.17, 15) is 23.2 Å². The number of carbonyl (C=O) groups is 2. The highest BCUT2D eigenvalue weighted by Gasteiger charge is 2.28. The summed E-state index contributed by atoms with van der Waals surface area (Å²) in [7, 11) is 0. The average Bonchev–Trinajstić information content (AvgIpc) is 3.44. The van der Waals surface area contributed by atoms with Gasteiger partial charge in [0.25, 0.3) is 5.56 Å². The molecule has 1 aromatic heterocycles. The van der Waals surface area contributed by atoms with Gasteiger partial charge in [-0.05, 0) is 102 Å². The standard InChI is InChI=1S/C33H36F4N2O5/c1-33(2,3)43-18-20(32(42)44-22-9-4-5-10-22)8-6-7-19-15-26(36)29(27(37)16-19)39-28(40)14-13-24(31(39)38)30(41)23-12-11-21(34)17-25(23)35/h11-17,20,22H,4-10,18,38H2,1-3H3/t20-/m0/s1. The zero-order chi connectivity index (χ0) is 32.2. The zero-order valence-electron chi connectivity index (χ0n) is 24.9. The van der Waals surface area contributed by atoms with Crippen LogP contribution in [0.1, 0.15) is 80.8 Å². The number of aromatic nitrogens is 1. The van der Waals surface area contributed by atoms with Crippen LogP contribution in [0.2, 0.25) is 0 Å². The maximum Gasteiger partial charge on any atom is 0.311 e. The molecule has 4 rings (SSSR count). The molecular formula is C33H36F4N2O5. The number of nitrogen functional groups attached to an aromatic ring is 1. The number of ketones is 1. The number of benzene rings is 2. The highest BCUT2D eigenvalue weighted by atomic mass is 19.1. The first kappa shape index (κ1) is 32.9. The van der Waals surface area contributed by atoms with E-state index in [1.54, 1.807) is 0 Å². The number of anilines is 1. The van der Waals surface area contributed by atoms with Crippen LogP contribution in [0.5, 0.6) is 0 Å². The summed E-state index contributed by atoms with van der Waals surface area (Å²) in [5, 5.41) is 0. The molecular weight excluding hydrogens is 580 g/mol. The van der Waals surface area contributed by atoms with Crippen LogP contribution in [0.4, 0.5) is 23.4 Å². The van der Waals surface area contributed by atoms with E-state index >= 15 is 8.78 Å². The number of hydrogen-bond acceptors (Lipinski definition) is 6. The van der Waals surface area contributed by atoms with Gasteiger partial charge < -0.3 is 15.2 Å². The van der Waals surface area contributed by atoms with Gasteiger partial charge in [-0.1, -0.05) is 0 Å². The second kappa shape index (κ2) is 13.8. The summed E-state index contributed by atoms with van der Waals surface area (Å²) in [5.74, 6) is -6.79. The molecule has 1 fully saturated rings. The smallest absolute Gasteiger partial charge is 0.311 e. The number of nitrogens with two attached hydrogens (primary N) is 1. The van der Waals surface area contributed by atoms with E-state index in [1.165, 1.54) is 0 Å². The molecule has 11 heteroatoms. The summed E-state index contributed by atoms with van der Waals surface area (Å²) in [6.07, 6.45) is 4.56. The Bertz CT molecular complexity index is 1570. The van der Waals surface area contributed by atoms with Crippen molar-refractivity contribution in [1.29, 1.82) is 0 Å². The number of hydrogen-bond donors (Lipinski definition) is 1. The molecule has 1 aliphatic rings. The van der Waals surface area contributed by atoms with Crippen molar-refractivity contribution < 1.29 is 36.6 Å². The van der Waals surface area contributed by atoms with Gasteiger partial charge in [-0.2, -0.15) is 0 Å². The van der Waals surface area contributed by atoms with Gasteiger partial charge in [0.1, 0.15) is 29.2 Å². The Morgan fingerprint density at radius 3 is 2.20 bits per heavy atom. The predicted molar refractivity (Wildman–Crippen MR) is 157 cm³/mol. The van der Waals surface area contributed by atoms with E-state index in [0.29, 0.717) is 23.5 Å². The largest absolute Gasteiger partial charge is 0.462 e. The van der Waals surface area contributed by atoms with E-state index in [1.807, 2.05) is 20.8 Å². The molecule has 1 heterocycles. The van der Waals surface area contributed by atoms with Gasteiger partial charge in [0.05, 0.1) is 29.3 Å². The molecule has 1 saturated carbocycles. The van der Waals surface area contributed by atoms with Gasteiger partial charge in [-0.3, -0.25) is 19.0 Å². The summed E-state index contributed by atoms with van der Waals surface area (Å²) in [6, 6.07) is 6.29. The van der Waals surface area contributed by atoms with Gasteiger partial charge in [0, 0.05) is 12.1 Å². The number of esters is 1. The Labute approximate surface area is 253 Å². The molecule has 0 radical (unpaired) electrons. The van der Waals surface area contributed by atoms with Crippen molar-refractivity contribution >= 4 is 17.6 Å². The second-order valence-corrected chi connectivity index (χ2v) is 12.0. The van der Waals surface area contributed by atoms with Crippen molar-refractivity contribution in [3.8, 4) is 5.69 Å². The number of nitrogens with zero attached hydrogens (tertiary/aromatic N) is 1. The van der Waals surface area contributed by atoms with Crippen LogP contribution in [-0.4, -0.2) is 34.6 Å². The van der Waals surface area contributed by atoms with E-state index in [0.717, 1.165) is 62.1 Å². The molecule has 0 bridgehead atoms. The first-order valence-corrected chi connectivity index (χ1v) is 14.6. The molecule has 236 valence electrons. The Kier molecular flexibility index (Phi) is 10.3. The number of rotatable bonds is 11. The van der Waals surface area contributed by atoms with Gasteiger partial charge in [-0.25, -0.2) is 17.6 Å². The van der Waals surface area contributed by atoms with E-state index in [-0.39, 0.29) is 30.7 Å². The molecule has 3 aromatic rings. The van der Waals surface area contributed by atoms with Crippen LogP contribution in [0.3, 0.4) is 0 Å². The summed E-state index contributed by atoms with van der Waals surface area (Å²) in [5.41, 5.74) is 3.18. The monoisotopic (exact) mass is 616 g/mol. The van der Waals surface area contributed by atoms with Crippen molar-refractivity contribution in [3.05, 3.63) is 92.8 Å². The summed E-state index contributed by atoms with van der Waals surface area (Å²) >= 11 is 0. The SMILES string of the molecule is CC(C)(C)OC[C@H](CCCc1cc(F)c(-n2c(N)c(C(=O)c3ccc(F)cc3F)ccc2=O)c(F)c1)C(=O)OC1CCCC1. The number of pyridine rings is 1. The molecule has 0 spiro atoms. The molecule has 0 amide bonds. The van der Waals surface area contributed by atoms with E-state index in [2.05, 4.69) is 0 Å². The molecule has 2 N–H and O–H groups in total. The zero-order valence-corrected chi connectivity index (χ0v) is 24.9. The number of halogens is 4. The van der Waals surface area contributed by atoms with Crippen LogP contribution < -0.4 is 11.3 Å². The van der Waals surface area contributed by atoms with Crippen LogP contribution in [0.15, 0.2) is 47.3 Å². The minimum absolute atomic E-state index is 0.102. The number of ether oxygens (including phenoxy) is 2. The first-order valence-electron chi connectivity index (χ1n) is 14.6. The third-order valence-electron chi connectivity index (χ3n) is 7.50. The van der Waals surface area contributed by atoms with Crippen LogP contribution >= 0.6 is 0 Å². The Balaban J connectivity index is 1.53. The lowest BCUT2D eigenvalue weighted by Crippen LogP contribution is -2.30. The first-order chi connectivity index (χ1) is 20.7. The number of carbonyl (C=O) groups excluding carboxylic acids is 2. The van der Waals surface area contributed by atoms with E-state index in [4.69, 9.17) is 15.2 Å². The van der Waals surface area contributed by atoms with Crippen molar-refractivity contribution in [2.24, 2.45) is 5.92 Å². The van der Waals surface area contributed by atoms with Crippen LogP contribution in [0, 0.1) is 29.2 Å². The molecule has 1 atom stereocenters. The molecule has 2 aromatic carbocycles. The van der Waals surface area contributed by atoms with Gasteiger partial charge in [0.2, 0.25) is 0 Å². The van der Waals surface area contributed by atoms with Crippen LogP contribution in [0.25, 0.3) is 5.69 Å². The van der Waals surface area contributed by atoms with E-state index < -0.39 is 68.8 Å². The maximum absolute atomic E-state index is 15.4. The minimum atomic E-state index is -1.16. The Morgan fingerprint density at radius 1 is 0.955 bits per heavy atom. The van der Waals surface area contributed by atoms with Crippen molar-refractivity contribution in [1.82, 2.24) is 4.57 Å². The van der Waals surface area contributed by atoms with Gasteiger partial charge in [0.15, 0.2) is 17.4 Å².